The Labute approximate surface area is 94.1 Å². The highest BCUT2D eigenvalue weighted by atomic mass is 35.5. The fraction of sp³-hybridized carbons (Fsp3) is 0.300. The van der Waals surface area contributed by atoms with E-state index in [0.717, 1.165) is 0 Å². The van der Waals surface area contributed by atoms with Crippen molar-refractivity contribution in [3.63, 3.8) is 0 Å². The van der Waals surface area contributed by atoms with Crippen LogP contribution in [0.25, 0.3) is 0 Å². The van der Waals surface area contributed by atoms with Gasteiger partial charge in [0.25, 0.3) is 0 Å². The molecule has 4 heteroatoms. The van der Waals surface area contributed by atoms with Crippen molar-refractivity contribution in [3.8, 4) is 0 Å². The van der Waals surface area contributed by atoms with Crippen molar-refractivity contribution in [1.29, 1.82) is 0 Å². The monoisotopic (exact) mass is 229 g/mol. The van der Waals surface area contributed by atoms with Crippen LogP contribution in [0.4, 0.5) is 0 Å². The van der Waals surface area contributed by atoms with E-state index in [2.05, 4.69) is 17.9 Å². The molecule has 0 amide bonds. The number of hydrogen-bond donors (Lipinski definition) is 2. The summed E-state index contributed by atoms with van der Waals surface area (Å²) in [7, 11) is 1.81. The average Bonchev–Trinajstić information content (AvgIpc) is 2.18. The Kier molecular flexibility index (Phi) is 4.45. The van der Waals surface area contributed by atoms with Gasteiger partial charge in [0.2, 0.25) is 0 Å². The van der Waals surface area contributed by atoms with Crippen LogP contribution in [0, 0.1) is 0 Å². The second-order valence-corrected chi connectivity index (χ2v) is 3.78. The molecule has 0 aliphatic carbocycles. The average molecular weight is 230 g/mol. The highest BCUT2D eigenvalue weighted by Gasteiger charge is 2.10. The molecule has 0 atom stereocenters. The maximum Gasteiger partial charge on any atom is 0.165 e. The number of halogens is 1. The van der Waals surface area contributed by atoms with Crippen molar-refractivity contribution in [2.45, 2.75) is 11.3 Å². The summed E-state index contributed by atoms with van der Waals surface area (Å²) in [6.07, 6.45) is 0.452. The summed E-state index contributed by atoms with van der Waals surface area (Å²) in [5.74, 6) is 0.0419. The van der Waals surface area contributed by atoms with Gasteiger partial charge >= 0.3 is 0 Å². The number of carbonyl (C=O) groups is 1. The third kappa shape index (κ3) is 2.74. The van der Waals surface area contributed by atoms with Gasteiger partial charge in [-0.3, -0.25) is 4.79 Å². The first-order valence-corrected chi connectivity index (χ1v) is 5.14. The minimum Gasteiger partial charge on any atom is -0.319 e. The van der Waals surface area contributed by atoms with Crippen LogP contribution in [-0.4, -0.2) is 19.4 Å². The second-order valence-electron chi connectivity index (χ2n) is 2.92. The number of thiol groups is 1. The minimum atomic E-state index is 0.0419. The second kappa shape index (κ2) is 5.39. The van der Waals surface area contributed by atoms with Crippen molar-refractivity contribution in [2.24, 2.45) is 0 Å². The molecule has 0 radical (unpaired) electrons. The van der Waals surface area contributed by atoms with Crippen molar-refractivity contribution >= 4 is 30.0 Å². The number of Topliss-reactive ketones (excluding diaryl/α,β-unsaturated/α-hetero) is 1. The highest BCUT2D eigenvalue weighted by Crippen LogP contribution is 2.24. The zero-order chi connectivity index (χ0) is 10.6. The van der Waals surface area contributed by atoms with Crippen molar-refractivity contribution < 1.29 is 4.79 Å². The molecule has 0 fully saturated rings. The van der Waals surface area contributed by atoms with Gasteiger partial charge in [-0.2, -0.15) is 0 Å². The number of carbonyl (C=O) groups excluding carboxylic acids is 1. The van der Waals surface area contributed by atoms with Crippen LogP contribution in [0.1, 0.15) is 16.8 Å². The molecule has 1 rings (SSSR count). The smallest absolute Gasteiger partial charge is 0.165 e. The normalized spacial score (nSPS) is 10.2. The molecule has 0 aliphatic heterocycles. The summed E-state index contributed by atoms with van der Waals surface area (Å²) in [5, 5.41) is 3.36. The Morgan fingerprint density at radius 3 is 2.93 bits per heavy atom. The zero-order valence-electron chi connectivity index (χ0n) is 7.88. The molecule has 0 saturated heterocycles. The van der Waals surface area contributed by atoms with Crippen LogP contribution in [0.5, 0.6) is 0 Å². The maximum atomic E-state index is 11.6. The van der Waals surface area contributed by atoms with E-state index < -0.39 is 0 Å². The number of hydrogen-bond acceptors (Lipinski definition) is 3. The molecule has 2 nitrogen and oxygen atoms in total. The van der Waals surface area contributed by atoms with Gasteiger partial charge in [-0.1, -0.05) is 17.7 Å². The van der Waals surface area contributed by atoms with Crippen LogP contribution in [0.3, 0.4) is 0 Å². The van der Waals surface area contributed by atoms with E-state index in [9.17, 15) is 4.79 Å². The quantitative estimate of drug-likeness (QED) is 0.614. The predicted octanol–water partition coefficient (Wildman–Crippen LogP) is 2.42. The van der Waals surface area contributed by atoms with Crippen molar-refractivity contribution in [1.82, 2.24) is 5.32 Å². The van der Waals surface area contributed by atoms with E-state index >= 15 is 0 Å². The van der Waals surface area contributed by atoms with Gasteiger partial charge in [-0.25, -0.2) is 0 Å². The Morgan fingerprint density at radius 1 is 1.57 bits per heavy atom. The van der Waals surface area contributed by atoms with E-state index in [0.29, 0.717) is 28.4 Å². The lowest BCUT2D eigenvalue weighted by molar-refractivity contribution is 0.0983. The van der Waals surface area contributed by atoms with Crippen LogP contribution < -0.4 is 5.32 Å². The summed E-state index contributed by atoms with van der Waals surface area (Å²) in [6, 6.07) is 5.27. The number of rotatable bonds is 4. The molecule has 14 heavy (non-hydrogen) atoms. The first kappa shape index (κ1) is 11.6. The molecule has 0 aromatic heterocycles. The summed E-state index contributed by atoms with van der Waals surface area (Å²) in [4.78, 5) is 12.3. The van der Waals surface area contributed by atoms with E-state index in [1.165, 1.54) is 0 Å². The highest BCUT2D eigenvalue weighted by molar-refractivity contribution is 7.80. The van der Waals surface area contributed by atoms with Gasteiger partial charge in [0.05, 0.1) is 5.02 Å². The molecular weight excluding hydrogens is 218 g/mol. The van der Waals surface area contributed by atoms with Crippen LogP contribution >= 0.6 is 24.2 Å². The number of benzene rings is 1. The third-order valence-electron chi connectivity index (χ3n) is 1.88. The molecule has 1 N–H and O–H groups in total. The molecule has 0 unspecified atom stereocenters. The minimum absolute atomic E-state index is 0.0419. The lowest BCUT2D eigenvalue weighted by Crippen LogP contribution is -2.13. The Morgan fingerprint density at radius 2 is 2.29 bits per heavy atom. The Bertz CT molecular complexity index is 341. The molecule has 0 bridgehead atoms. The Balaban J connectivity index is 2.84. The summed E-state index contributed by atoms with van der Waals surface area (Å²) in [5.41, 5.74) is 0.550. The molecule has 0 spiro atoms. The molecule has 1 aromatic rings. The van der Waals surface area contributed by atoms with E-state index in [1.54, 1.807) is 18.2 Å². The standard InChI is InChI=1S/C10H12ClNOS/c1-12-6-5-8(13)7-3-2-4-9(14)10(7)11/h2-4,12,14H,5-6H2,1H3. The molecule has 1 aromatic carbocycles. The zero-order valence-corrected chi connectivity index (χ0v) is 9.53. The van der Waals surface area contributed by atoms with Gasteiger partial charge in [-0.05, 0) is 19.2 Å². The van der Waals surface area contributed by atoms with Gasteiger partial charge in [0.15, 0.2) is 5.78 Å². The molecule has 0 aliphatic rings. The molecule has 76 valence electrons. The van der Waals surface area contributed by atoms with E-state index in [-0.39, 0.29) is 5.78 Å². The molecule has 0 saturated carbocycles. The van der Waals surface area contributed by atoms with Crippen molar-refractivity contribution in [3.05, 3.63) is 28.8 Å². The van der Waals surface area contributed by atoms with Gasteiger partial charge in [0, 0.05) is 23.4 Å². The Hall–Kier alpha value is -0.510. The van der Waals surface area contributed by atoms with Crippen molar-refractivity contribution in [2.75, 3.05) is 13.6 Å². The van der Waals surface area contributed by atoms with Crippen LogP contribution in [0.15, 0.2) is 23.1 Å². The summed E-state index contributed by atoms with van der Waals surface area (Å²) in [6.45, 7) is 0.659. The fourth-order valence-corrected chi connectivity index (χ4v) is 1.55. The first-order chi connectivity index (χ1) is 6.66. The van der Waals surface area contributed by atoms with Gasteiger partial charge < -0.3 is 5.32 Å². The third-order valence-corrected chi connectivity index (χ3v) is 2.79. The number of nitrogens with one attached hydrogen (secondary N) is 1. The molecular formula is C10H12ClNOS. The first-order valence-electron chi connectivity index (χ1n) is 4.32. The summed E-state index contributed by atoms with van der Waals surface area (Å²) < 4.78 is 0. The van der Waals surface area contributed by atoms with Crippen LogP contribution in [0.2, 0.25) is 5.02 Å². The lowest BCUT2D eigenvalue weighted by atomic mass is 10.1. The van der Waals surface area contributed by atoms with E-state index in [4.69, 9.17) is 11.6 Å². The summed E-state index contributed by atoms with van der Waals surface area (Å²) >= 11 is 10.1. The SMILES string of the molecule is CNCCC(=O)c1cccc(S)c1Cl. The number of ketones is 1. The maximum absolute atomic E-state index is 11.6. The van der Waals surface area contributed by atoms with Gasteiger partial charge in [0.1, 0.15) is 0 Å². The molecule has 0 heterocycles. The largest absolute Gasteiger partial charge is 0.319 e. The fourth-order valence-electron chi connectivity index (χ4n) is 1.11. The van der Waals surface area contributed by atoms with Gasteiger partial charge in [-0.15, -0.1) is 12.6 Å². The lowest BCUT2D eigenvalue weighted by Gasteiger charge is -2.04. The van der Waals surface area contributed by atoms with Crippen LogP contribution in [-0.2, 0) is 0 Å². The van der Waals surface area contributed by atoms with E-state index in [1.807, 2.05) is 7.05 Å². The predicted molar refractivity (Wildman–Crippen MR) is 61.6 cm³/mol. The topological polar surface area (TPSA) is 29.1 Å².